The molecule has 1 aromatic heterocycles. The van der Waals surface area contributed by atoms with Gasteiger partial charge in [-0.05, 0) is 36.1 Å². The standard InChI is InChI=1S/C19H18Cl2N2/c20-17-10-9-15(12-18(17)21)11-16-13-22-19(23-16)8-4-7-14-5-2-1-3-6-14/h1-3,5-6,9-10,12-13H,4,7-8,11H2,(H,22,23). The molecular weight excluding hydrogens is 327 g/mol. The molecule has 0 amide bonds. The molecule has 118 valence electrons. The Balaban J connectivity index is 1.54. The van der Waals surface area contributed by atoms with Gasteiger partial charge >= 0.3 is 0 Å². The molecule has 0 aliphatic heterocycles. The van der Waals surface area contributed by atoms with Gasteiger partial charge in [-0.2, -0.15) is 0 Å². The fourth-order valence-electron chi connectivity index (χ4n) is 2.60. The molecule has 0 radical (unpaired) electrons. The molecule has 2 nitrogen and oxygen atoms in total. The molecule has 4 heteroatoms. The van der Waals surface area contributed by atoms with Crippen molar-refractivity contribution < 1.29 is 0 Å². The minimum Gasteiger partial charge on any atom is -0.346 e. The van der Waals surface area contributed by atoms with Crippen LogP contribution >= 0.6 is 23.2 Å². The van der Waals surface area contributed by atoms with Crippen LogP contribution in [-0.2, 0) is 19.3 Å². The lowest BCUT2D eigenvalue weighted by Gasteiger charge is -2.02. The molecule has 3 aromatic rings. The normalized spacial score (nSPS) is 10.9. The van der Waals surface area contributed by atoms with Gasteiger partial charge in [0.05, 0.1) is 10.0 Å². The third-order valence-corrected chi connectivity index (χ3v) is 4.52. The summed E-state index contributed by atoms with van der Waals surface area (Å²) in [5.41, 5.74) is 3.59. The zero-order chi connectivity index (χ0) is 16.1. The van der Waals surface area contributed by atoms with Crippen LogP contribution in [0.3, 0.4) is 0 Å². The summed E-state index contributed by atoms with van der Waals surface area (Å²) < 4.78 is 0. The molecule has 23 heavy (non-hydrogen) atoms. The van der Waals surface area contributed by atoms with Crippen molar-refractivity contribution in [3.8, 4) is 0 Å². The third kappa shape index (κ3) is 4.60. The van der Waals surface area contributed by atoms with Crippen molar-refractivity contribution in [2.24, 2.45) is 0 Å². The van der Waals surface area contributed by atoms with Crippen molar-refractivity contribution in [2.45, 2.75) is 25.7 Å². The summed E-state index contributed by atoms with van der Waals surface area (Å²) in [7, 11) is 0. The van der Waals surface area contributed by atoms with Crippen LogP contribution in [0.2, 0.25) is 10.0 Å². The van der Waals surface area contributed by atoms with E-state index in [1.807, 2.05) is 30.5 Å². The summed E-state index contributed by atoms with van der Waals surface area (Å²) >= 11 is 12.0. The van der Waals surface area contributed by atoms with Gasteiger partial charge < -0.3 is 4.98 Å². The molecule has 1 N–H and O–H groups in total. The zero-order valence-corrected chi connectivity index (χ0v) is 14.2. The van der Waals surface area contributed by atoms with Crippen molar-refractivity contribution >= 4 is 23.2 Å². The first-order valence-corrected chi connectivity index (χ1v) is 8.47. The van der Waals surface area contributed by atoms with E-state index in [0.717, 1.165) is 42.8 Å². The number of nitrogens with zero attached hydrogens (tertiary/aromatic N) is 1. The predicted molar refractivity (Wildman–Crippen MR) is 96.3 cm³/mol. The van der Waals surface area contributed by atoms with Crippen molar-refractivity contribution in [1.29, 1.82) is 0 Å². The van der Waals surface area contributed by atoms with Crippen LogP contribution in [0.5, 0.6) is 0 Å². The number of rotatable bonds is 6. The molecule has 0 saturated heterocycles. The number of benzene rings is 2. The van der Waals surface area contributed by atoms with E-state index >= 15 is 0 Å². The van der Waals surface area contributed by atoms with Gasteiger partial charge in [-0.1, -0.05) is 59.6 Å². The summed E-state index contributed by atoms with van der Waals surface area (Å²) in [6.07, 6.45) is 5.80. The minimum absolute atomic E-state index is 0.585. The number of imidazole rings is 1. The van der Waals surface area contributed by atoms with E-state index in [1.54, 1.807) is 0 Å². The lowest BCUT2D eigenvalue weighted by atomic mass is 10.1. The summed E-state index contributed by atoms with van der Waals surface area (Å²) in [5, 5.41) is 1.17. The van der Waals surface area contributed by atoms with Crippen LogP contribution < -0.4 is 0 Å². The fourth-order valence-corrected chi connectivity index (χ4v) is 2.92. The number of halogens is 2. The van der Waals surface area contributed by atoms with E-state index in [0.29, 0.717) is 10.0 Å². The van der Waals surface area contributed by atoms with Crippen molar-refractivity contribution in [1.82, 2.24) is 9.97 Å². The third-order valence-electron chi connectivity index (χ3n) is 3.78. The first-order chi connectivity index (χ1) is 11.2. The van der Waals surface area contributed by atoms with Crippen molar-refractivity contribution in [3.05, 3.63) is 87.4 Å². The lowest BCUT2D eigenvalue weighted by Crippen LogP contribution is -1.93. The first kappa shape index (κ1) is 16.1. The van der Waals surface area contributed by atoms with Gasteiger partial charge in [0.2, 0.25) is 0 Å². The molecule has 0 saturated carbocycles. The molecule has 0 spiro atoms. The Hall–Kier alpha value is -1.77. The van der Waals surface area contributed by atoms with E-state index in [9.17, 15) is 0 Å². The van der Waals surface area contributed by atoms with E-state index in [2.05, 4.69) is 34.2 Å². The predicted octanol–water partition coefficient (Wildman–Crippen LogP) is 5.48. The molecule has 0 aliphatic carbocycles. The zero-order valence-electron chi connectivity index (χ0n) is 12.7. The highest BCUT2D eigenvalue weighted by atomic mass is 35.5. The number of hydrogen-bond donors (Lipinski definition) is 1. The largest absolute Gasteiger partial charge is 0.346 e. The maximum absolute atomic E-state index is 6.05. The maximum Gasteiger partial charge on any atom is 0.106 e. The lowest BCUT2D eigenvalue weighted by molar-refractivity contribution is 0.780. The summed E-state index contributed by atoms with van der Waals surface area (Å²) in [5.74, 6) is 1.04. The summed E-state index contributed by atoms with van der Waals surface area (Å²) in [6.45, 7) is 0. The molecule has 0 atom stereocenters. The Morgan fingerprint density at radius 2 is 1.70 bits per heavy atom. The first-order valence-electron chi connectivity index (χ1n) is 7.71. The number of nitrogens with one attached hydrogen (secondary N) is 1. The number of aromatic amines is 1. The monoisotopic (exact) mass is 344 g/mol. The fraction of sp³-hybridized carbons (Fsp3) is 0.211. The van der Waals surface area contributed by atoms with Gasteiger partial charge in [-0.3, -0.25) is 0 Å². The van der Waals surface area contributed by atoms with Crippen LogP contribution in [0.15, 0.2) is 54.7 Å². The number of hydrogen-bond acceptors (Lipinski definition) is 1. The Morgan fingerprint density at radius 3 is 2.48 bits per heavy atom. The van der Waals surface area contributed by atoms with Crippen LogP contribution in [0.1, 0.15) is 29.1 Å². The second-order valence-corrected chi connectivity index (χ2v) is 6.43. The number of H-pyrrole nitrogens is 1. The van der Waals surface area contributed by atoms with Crippen LogP contribution in [-0.4, -0.2) is 9.97 Å². The van der Waals surface area contributed by atoms with Crippen LogP contribution in [0, 0.1) is 0 Å². The second-order valence-electron chi connectivity index (χ2n) is 5.62. The summed E-state index contributed by atoms with van der Waals surface area (Å²) in [6, 6.07) is 16.3. The highest BCUT2D eigenvalue weighted by Gasteiger charge is 2.05. The minimum atomic E-state index is 0.585. The van der Waals surface area contributed by atoms with Gasteiger partial charge in [0.1, 0.15) is 5.82 Å². The van der Waals surface area contributed by atoms with Gasteiger partial charge in [0, 0.05) is 24.7 Å². The molecule has 2 aromatic carbocycles. The van der Waals surface area contributed by atoms with Crippen molar-refractivity contribution in [2.75, 3.05) is 0 Å². The molecule has 0 aliphatic rings. The average molecular weight is 345 g/mol. The molecule has 1 heterocycles. The number of aromatic nitrogens is 2. The highest BCUT2D eigenvalue weighted by Crippen LogP contribution is 2.23. The SMILES string of the molecule is Clc1ccc(Cc2cnc(CCCc3ccccc3)[nH]2)cc1Cl. The Kier molecular flexibility index (Phi) is 5.37. The Morgan fingerprint density at radius 1 is 0.870 bits per heavy atom. The Bertz CT molecular complexity index is 766. The number of aryl methyl sites for hydroxylation is 2. The molecule has 0 unspecified atom stereocenters. The average Bonchev–Trinajstić information content (AvgIpc) is 2.99. The maximum atomic E-state index is 6.05. The Labute approximate surface area is 146 Å². The molecule has 0 bridgehead atoms. The van der Waals surface area contributed by atoms with Gasteiger partial charge in [-0.25, -0.2) is 4.98 Å². The highest BCUT2D eigenvalue weighted by molar-refractivity contribution is 6.42. The van der Waals surface area contributed by atoms with E-state index in [4.69, 9.17) is 23.2 Å². The van der Waals surface area contributed by atoms with Gasteiger partial charge in [0.25, 0.3) is 0 Å². The van der Waals surface area contributed by atoms with Crippen LogP contribution in [0.4, 0.5) is 0 Å². The smallest absolute Gasteiger partial charge is 0.106 e. The molecular formula is C19H18Cl2N2. The van der Waals surface area contributed by atoms with E-state index in [-0.39, 0.29) is 0 Å². The quantitative estimate of drug-likeness (QED) is 0.629. The summed E-state index contributed by atoms with van der Waals surface area (Å²) in [4.78, 5) is 7.86. The van der Waals surface area contributed by atoms with E-state index < -0.39 is 0 Å². The molecule has 0 fully saturated rings. The molecule has 3 rings (SSSR count). The topological polar surface area (TPSA) is 28.7 Å². The van der Waals surface area contributed by atoms with Gasteiger partial charge in [0.15, 0.2) is 0 Å². The van der Waals surface area contributed by atoms with Crippen molar-refractivity contribution in [3.63, 3.8) is 0 Å². The van der Waals surface area contributed by atoms with E-state index in [1.165, 1.54) is 5.56 Å². The van der Waals surface area contributed by atoms with Crippen LogP contribution in [0.25, 0.3) is 0 Å². The second kappa shape index (κ2) is 7.67. The van der Waals surface area contributed by atoms with Gasteiger partial charge in [-0.15, -0.1) is 0 Å².